The smallest absolute Gasteiger partial charge is 0.244 e. The van der Waals surface area contributed by atoms with Crippen LogP contribution in [0.3, 0.4) is 0 Å². The molecule has 0 amide bonds. The van der Waals surface area contributed by atoms with Gasteiger partial charge in [-0.1, -0.05) is 6.58 Å². The van der Waals surface area contributed by atoms with Gasteiger partial charge in [0.2, 0.25) is 0 Å². The van der Waals surface area contributed by atoms with Crippen molar-refractivity contribution >= 4 is 0 Å². The van der Waals surface area contributed by atoms with Gasteiger partial charge in [-0.3, -0.25) is 0 Å². The lowest BCUT2D eigenvalue weighted by atomic mass is 10.1. The van der Waals surface area contributed by atoms with E-state index in [1.165, 1.54) is 0 Å². The third-order valence-corrected chi connectivity index (χ3v) is 1.32. The summed E-state index contributed by atoms with van der Waals surface area (Å²) in [4.78, 5) is 0. The van der Waals surface area contributed by atoms with Gasteiger partial charge < -0.3 is 0 Å². The lowest BCUT2D eigenvalue weighted by Gasteiger charge is -2.15. The molecule has 0 radical (unpaired) electrons. The molecule has 0 aliphatic rings. The Morgan fingerprint density at radius 1 is 1.08 bits per heavy atom. The molecule has 0 unspecified atom stereocenters. The Morgan fingerprint density at radius 2 is 1.58 bits per heavy atom. The van der Waals surface area contributed by atoms with Crippen LogP contribution >= 0.6 is 0 Å². The van der Waals surface area contributed by atoms with E-state index in [-0.39, 0.29) is 6.08 Å². The van der Waals surface area contributed by atoms with Crippen LogP contribution in [-0.4, -0.2) is 18.5 Å². The molecule has 12 heavy (non-hydrogen) atoms. The molecule has 0 aliphatic carbocycles. The number of alkyl halides is 5. The first-order valence-electron chi connectivity index (χ1n) is 3.28. The first-order valence-corrected chi connectivity index (χ1v) is 3.28. The van der Waals surface area contributed by atoms with Crippen molar-refractivity contribution in [2.75, 3.05) is 6.67 Å². The van der Waals surface area contributed by atoms with Crippen molar-refractivity contribution in [1.29, 1.82) is 0 Å². The van der Waals surface area contributed by atoms with Crippen molar-refractivity contribution in [3.63, 3.8) is 0 Å². The van der Waals surface area contributed by atoms with Crippen LogP contribution < -0.4 is 0 Å². The Kier molecular flexibility index (Phi) is 3.67. The van der Waals surface area contributed by atoms with Gasteiger partial charge in [-0.25, -0.2) is 22.0 Å². The summed E-state index contributed by atoms with van der Waals surface area (Å²) in [5.74, 6) is -6.98. The van der Waals surface area contributed by atoms with Gasteiger partial charge in [-0.05, 0) is 6.08 Å². The average molecular weight is 188 g/mol. The number of halogens is 5. The zero-order chi connectivity index (χ0) is 9.83. The van der Waals surface area contributed by atoms with Crippen molar-refractivity contribution < 1.29 is 22.0 Å². The maximum absolute atomic E-state index is 12.2. The zero-order valence-electron chi connectivity index (χ0n) is 6.30. The predicted molar refractivity (Wildman–Crippen MR) is 35.3 cm³/mol. The van der Waals surface area contributed by atoms with E-state index in [4.69, 9.17) is 0 Å². The van der Waals surface area contributed by atoms with Crippen LogP contribution in [0.15, 0.2) is 12.7 Å². The zero-order valence-corrected chi connectivity index (χ0v) is 6.30. The Hall–Kier alpha value is -0.610. The average Bonchev–Trinajstić information content (AvgIpc) is 2.02. The van der Waals surface area contributed by atoms with Gasteiger partial charge in [0, 0.05) is 12.8 Å². The molecule has 0 spiro atoms. The predicted octanol–water partition coefficient (Wildman–Crippen LogP) is 3.19. The van der Waals surface area contributed by atoms with Crippen LogP contribution in [0, 0.1) is 0 Å². The molecule has 0 aromatic rings. The first-order chi connectivity index (χ1) is 5.33. The fourth-order valence-corrected chi connectivity index (χ4v) is 0.518. The van der Waals surface area contributed by atoms with Crippen LogP contribution in [0.5, 0.6) is 0 Å². The largest absolute Gasteiger partial charge is 0.276 e. The van der Waals surface area contributed by atoms with Crippen molar-refractivity contribution in [3.05, 3.63) is 12.7 Å². The molecule has 0 atom stereocenters. The maximum Gasteiger partial charge on any atom is 0.276 e. The van der Waals surface area contributed by atoms with Gasteiger partial charge in [0.25, 0.3) is 11.8 Å². The van der Waals surface area contributed by atoms with E-state index in [1.807, 2.05) is 0 Å². The number of allylic oxidation sites excluding steroid dienone is 1. The number of rotatable bonds is 5. The molecule has 0 fully saturated rings. The number of hydrogen-bond donors (Lipinski definition) is 0. The minimum Gasteiger partial charge on any atom is -0.244 e. The van der Waals surface area contributed by atoms with E-state index >= 15 is 0 Å². The minimum atomic E-state index is -3.65. The monoisotopic (exact) mass is 188 g/mol. The van der Waals surface area contributed by atoms with Crippen molar-refractivity contribution in [2.45, 2.75) is 24.7 Å². The second-order valence-corrected chi connectivity index (χ2v) is 2.45. The minimum absolute atomic E-state index is 0.279. The Labute approximate surface area is 67.1 Å². The standard InChI is InChI=1S/C7H9F5/c1-2-6(9,10)3-4-7(11,12)5-8/h2H,1,3-5H2. The summed E-state index contributed by atoms with van der Waals surface area (Å²) < 4.78 is 60.1. The summed E-state index contributed by atoms with van der Waals surface area (Å²) >= 11 is 0. The highest BCUT2D eigenvalue weighted by molar-refractivity contribution is 4.88. The highest BCUT2D eigenvalue weighted by atomic mass is 19.3. The second-order valence-electron chi connectivity index (χ2n) is 2.45. The summed E-state index contributed by atoms with van der Waals surface area (Å²) in [5.41, 5.74) is 0. The summed E-state index contributed by atoms with van der Waals surface area (Å²) in [5, 5.41) is 0. The van der Waals surface area contributed by atoms with E-state index in [0.29, 0.717) is 0 Å². The van der Waals surface area contributed by atoms with Crippen LogP contribution in [0.2, 0.25) is 0 Å². The molecule has 72 valence electrons. The highest BCUT2D eigenvalue weighted by Crippen LogP contribution is 2.28. The van der Waals surface area contributed by atoms with E-state index in [1.54, 1.807) is 0 Å². The van der Waals surface area contributed by atoms with Gasteiger partial charge in [0.1, 0.15) is 0 Å². The maximum atomic E-state index is 12.2. The molecule has 0 saturated carbocycles. The van der Waals surface area contributed by atoms with Crippen molar-refractivity contribution in [3.8, 4) is 0 Å². The van der Waals surface area contributed by atoms with Crippen molar-refractivity contribution in [2.24, 2.45) is 0 Å². The molecule has 0 aromatic heterocycles. The van der Waals surface area contributed by atoms with E-state index in [2.05, 4.69) is 6.58 Å². The van der Waals surface area contributed by atoms with Crippen LogP contribution in [-0.2, 0) is 0 Å². The normalized spacial score (nSPS) is 13.1. The van der Waals surface area contributed by atoms with E-state index in [0.717, 1.165) is 0 Å². The van der Waals surface area contributed by atoms with Gasteiger partial charge in [-0.15, -0.1) is 0 Å². The van der Waals surface area contributed by atoms with Crippen LogP contribution in [0.25, 0.3) is 0 Å². The molecule has 0 N–H and O–H groups in total. The van der Waals surface area contributed by atoms with Crippen molar-refractivity contribution in [1.82, 2.24) is 0 Å². The molecule has 0 bridgehead atoms. The quantitative estimate of drug-likeness (QED) is 0.459. The van der Waals surface area contributed by atoms with E-state index in [9.17, 15) is 22.0 Å². The van der Waals surface area contributed by atoms with Gasteiger partial charge in [0.05, 0.1) is 0 Å². The summed E-state index contributed by atoms with van der Waals surface area (Å²) in [7, 11) is 0. The Morgan fingerprint density at radius 3 is 1.92 bits per heavy atom. The van der Waals surface area contributed by atoms with Gasteiger partial charge >= 0.3 is 0 Å². The lowest BCUT2D eigenvalue weighted by Crippen LogP contribution is -2.23. The van der Waals surface area contributed by atoms with Crippen LogP contribution in [0.1, 0.15) is 12.8 Å². The molecule has 0 saturated heterocycles. The third kappa shape index (κ3) is 4.31. The molecule has 5 heteroatoms. The molecule has 0 nitrogen and oxygen atoms in total. The van der Waals surface area contributed by atoms with E-state index < -0.39 is 31.4 Å². The van der Waals surface area contributed by atoms with Crippen LogP contribution in [0.4, 0.5) is 22.0 Å². The number of hydrogen-bond acceptors (Lipinski definition) is 0. The summed E-state index contributed by atoms with van der Waals surface area (Å²) in [6.45, 7) is 0.868. The van der Waals surface area contributed by atoms with Gasteiger partial charge in [-0.2, -0.15) is 0 Å². The van der Waals surface area contributed by atoms with Gasteiger partial charge in [0.15, 0.2) is 6.67 Å². The fraction of sp³-hybridized carbons (Fsp3) is 0.714. The SMILES string of the molecule is C=CC(F)(F)CCC(F)(F)CF. The Bertz CT molecular complexity index is 152. The molecular formula is C7H9F5. The lowest BCUT2D eigenvalue weighted by molar-refractivity contribution is -0.0569. The highest BCUT2D eigenvalue weighted by Gasteiger charge is 2.34. The first kappa shape index (κ1) is 11.4. The molecule has 0 aromatic carbocycles. The summed E-state index contributed by atoms with van der Waals surface area (Å²) in [6, 6.07) is 0. The fourth-order valence-electron chi connectivity index (χ4n) is 0.518. The Balaban J connectivity index is 3.90. The summed E-state index contributed by atoms with van der Waals surface area (Å²) in [6.07, 6.45) is -1.96. The topological polar surface area (TPSA) is 0 Å². The molecule has 0 heterocycles. The molecule has 0 aliphatic heterocycles. The second kappa shape index (κ2) is 3.87. The molecule has 0 rings (SSSR count). The molecular weight excluding hydrogens is 179 g/mol. The third-order valence-electron chi connectivity index (χ3n) is 1.32.